The van der Waals surface area contributed by atoms with Gasteiger partial charge < -0.3 is 11.1 Å². The Bertz CT molecular complexity index is 671. The molecule has 1 heterocycles. The van der Waals surface area contributed by atoms with Gasteiger partial charge in [0.15, 0.2) is 0 Å². The van der Waals surface area contributed by atoms with E-state index in [4.69, 9.17) is 17.3 Å². The summed E-state index contributed by atoms with van der Waals surface area (Å²) in [6, 6.07) is 6.23. The quantitative estimate of drug-likeness (QED) is 0.832. The second-order valence-corrected chi connectivity index (χ2v) is 4.53. The van der Waals surface area contributed by atoms with Crippen molar-refractivity contribution < 1.29 is 18.0 Å². The lowest BCUT2D eigenvalue weighted by Crippen LogP contribution is -2.15. The molecular formula is C13H9ClF3N3O. The van der Waals surface area contributed by atoms with Crippen LogP contribution in [0.5, 0.6) is 0 Å². The maximum absolute atomic E-state index is 12.4. The molecule has 0 saturated heterocycles. The van der Waals surface area contributed by atoms with Gasteiger partial charge in [-0.05, 0) is 30.3 Å². The minimum atomic E-state index is -4.50. The average molecular weight is 316 g/mol. The fourth-order valence-electron chi connectivity index (χ4n) is 1.51. The number of halogens is 4. The SMILES string of the molecule is Nc1ccc(NC(=O)c2ccc(C(F)(F)F)cn2)c(Cl)c1. The summed E-state index contributed by atoms with van der Waals surface area (Å²) in [4.78, 5) is 15.4. The minimum Gasteiger partial charge on any atom is -0.399 e. The molecule has 0 bridgehead atoms. The molecule has 0 unspecified atom stereocenters. The topological polar surface area (TPSA) is 68.0 Å². The van der Waals surface area contributed by atoms with E-state index in [-0.39, 0.29) is 16.4 Å². The van der Waals surface area contributed by atoms with Crippen LogP contribution in [0.3, 0.4) is 0 Å². The number of anilines is 2. The van der Waals surface area contributed by atoms with Crippen LogP contribution in [0.2, 0.25) is 5.02 Å². The summed E-state index contributed by atoms with van der Waals surface area (Å²) < 4.78 is 37.2. The molecule has 2 rings (SSSR count). The van der Waals surface area contributed by atoms with E-state index in [1.807, 2.05) is 0 Å². The smallest absolute Gasteiger partial charge is 0.399 e. The van der Waals surface area contributed by atoms with E-state index in [2.05, 4.69) is 10.3 Å². The minimum absolute atomic E-state index is 0.157. The van der Waals surface area contributed by atoms with Crippen LogP contribution in [0.1, 0.15) is 16.1 Å². The predicted molar refractivity (Wildman–Crippen MR) is 73.1 cm³/mol. The monoisotopic (exact) mass is 315 g/mol. The highest BCUT2D eigenvalue weighted by atomic mass is 35.5. The fourth-order valence-corrected chi connectivity index (χ4v) is 1.75. The first-order chi connectivity index (χ1) is 9.77. The van der Waals surface area contributed by atoms with E-state index in [1.165, 1.54) is 18.2 Å². The van der Waals surface area contributed by atoms with E-state index in [1.54, 1.807) is 0 Å². The molecule has 0 aliphatic carbocycles. The zero-order valence-electron chi connectivity index (χ0n) is 10.4. The third kappa shape index (κ3) is 3.63. The zero-order valence-corrected chi connectivity index (χ0v) is 11.2. The van der Waals surface area contributed by atoms with Crippen LogP contribution in [-0.4, -0.2) is 10.9 Å². The standard InChI is InChI=1S/C13H9ClF3N3O/c14-9-5-8(18)2-4-10(9)20-12(21)11-3-1-7(6-19-11)13(15,16)17/h1-6H,18H2,(H,20,21). The molecule has 0 aliphatic rings. The van der Waals surface area contributed by atoms with Gasteiger partial charge in [0.1, 0.15) is 5.69 Å². The summed E-state index contributed by atoms with van der Waals surface area (Å²) in [6.45, 7) is 0. The molecule has 1 aromatic heterocycles. The summed E-state index contributed by atoms with van der Waals surface area (Å²) in [7, 11) is 0. The van der Waals surface area contributed by atoms with E-state index >= 15 is 0 Å². The van der Waals surface area contributed by atoms with Gasteiger partial charge in [-0.25, -0.2) is 0 Å². The molecule has 21 heavy (non-hydrogen) atoms. The Balaban J connectivity index is 2.17. The Morgan fingerprint density at radius 3 is 2.48 bits per heavy atom. The highest BCUT2D eigenvalue weighted by molar-refractivity contribution is 6.34. The summed E-state index contributed by atoms with van der Waals surface area (Å²) in [6.07, 6.45) is -3.90. The Morgan fingerprint density at radius 2 is 1.95 bits per heavy atom. The highest BCUT2D eigenvalue weighted by Crippen LogP contribution is 2.28. The maximum atomic E-state index is 12.4. The number of rotatable bonds is 2. The van der Waals surface area contributed by atoms with Crippen molar-refractivity contribution in [3.8, 4) is 0 Å². The molecule has 3 N–H and O–H groups in total. The number of nitrogen functional groups attached to an aromatic ring is 1. The number of hydrogen-bond donors (Lipinski definition) is 2. The van der Waals surface area contributed by atoms with Crippen molar-refractivity contribution in [1.82, 2.24) is 4.98 Å². The van der Waals surface area contributed by atoms with Crippen LogP contribution in [0, 0.1) is 0 Å². The molecular weight excluding hydrogens is 307 g/mol. The summed E-state index contributed by atoms with van der Waals surface area (Å²) in [5, 5.41) is 2.66. The second kappa shape index (κ2) is 5.61. The molecule has 1 amide bonds. The molecule has 0 atom stereocenters. The third-order valence-electron chi connectivity index (χ3n) is 2.56. The van der Waals surface area contributed by atoms with Crippen LogP contribution in [0.25, 0.3) is 0 Å². The number of nitrogens with one attached hydrogen (secondary N) is 1. The molecule has 4 nitrogen and oxygen atoms in total. The fraction of sp³-hybridized carbons (Fsp3) is 0.0769. The Hall–Kier alpha value is -2.28. The largest absolute Gasteiger partial charge is 0.417 e. The van der Waals surface area contributed by atoms with Gasteiger partial charge in [0.25, 0.3) is 5.91 Å². The number of carbonyl (C=O) groups is 1. The molecule has 2 aromatic rings. The van der Waals surface area contributed by atoms with Gasteiger partial charge in [-0.2, -0.15) is 13.2 Å². The van der Waals surface area contributed by atoms with Crippen molar-refractivity contribution in [2.24, 2.45) is 0 Å². The van der Waals surface area contributed by atoms with Gasteiger partial charge >= 0.3 is 6.18 Å². The number of hydrogen-bond acceptors (Lipinski definition) is 3. The molecule has 0 radical (unpaired) electrons. The number of alkyl halides is 3. The maximum Gasteiger partial charge on any atom is 0.417 e. The number of nitrogens with zero attached hydrogens (tertiary/aromatic N) is 1. The normalized spacial score (nSPS) is 11.2. The van der Waals surface area contributed by atoms with Gasteiger partial charge in [0.05, 0.1) is 16.3 Å². The number of nitrogens with two attached hydrogens (primary N) is 1. The lowest BCUT2D eigenvalue weighted by Gasteiger charge is -2.09. The predicted octanol–water partition coefficient (Wildman–Crippen LogP) is 3.59. The molecule has 0 saturated carbocycles. The number of aromatic nitrogens is 1. The molecule has 110 valence electrons. The van der Waals surface area contributed by atoms with Gasteiger partial charge in [-0.3, -0.25) is 9.78 Å². The second-order valence-electron chi connectivity index (χ2n) is 4.12. The summed E-state index contributed by atoms with van der Waals surface area (Å²) >= 11 is 5.88. The molecule has 0 aliphatic heterocycles. The van der Waals surface area contributed by atoms with E-state index in [0.29, 0.717) is 11.9 Å². The van der Waals surface area contributed by atoms with E-state index in [9.17, 15) is 18.0 Å². The molecule has 8 heteroatoms. The van der Waals surface area contributed by atoms with Crippen LogP contribution in [0.4, 0.5) is 24.5 Å². The Morgan fingerprint density at radius 1 is 1.24 bits per heavy atom. The first kappa shape index (κ1) is 15.1. The van der Waals surface area contributed by atoms with Crippen LogP contribution >= 0.6 is 11.6 Å². The Labute approximate surface area is 122 Å². The Kier molecular flexibility index (Phi) is 4.04. The molecule has 0 fully saturated rings. The number of amides is 1. The van der Waals surface area contributed by atoms with E-state index in [0.717, 1.165) is 12.1 Å². The van der Waals surface area contributed by atoms with Gasteiger partial charge in [-0.15, -0.1) is 0 Å². The van der Waals surface area contributed by atoms with E-state index < -0.39 is 17.6 Å². The zero-order chi connectivity index (χ0) is 15.6. The van der Waals surface area contributed by atoms with Crippen molar-refractivity contribution in [3.05, 3.63) is 52.8 Å². The van der Waals surface area contributed by atoms with Crippen LogP contribution in [-0.2, 0) is 6.18 Å². The van der Waals surface area contributed by atoms with Crippen molar-refractivity contribution in [2.45, 2.75) is 6.18 Å². The number of benzene rings is 1. The lowest BCUT2D eigenvalue weighted by atomic mass is 10.2. The lowest BCUT2D eigenvalue weighted by molar-refractivity contribution is -0.137. The van der Waals surface area contributed by atoms with Crippen molar-refractivity contribution in [1.29, 1.82) is 0 Å². The summed E-state index contributed by atoms with van der Waals surface area (Å²) in [5.41, 5.74) is 5.14. The van der Waals surface area contributed by atoms with Crippen LogP contribution in [0.15, 0.2) is 36.5 Å². The first-order valence-electron chi connectivity index (χ1n) is 5.67. The van der Waals surface area contributed by atoms with Crippen molar-refractivity contribution in [3.63, 3.8) is 0 Å². The van der Waals surface area contributed by atoms with Crippen molar-refractivity contribution >= 4 is 28.9 Å². The highest BCUT2D eigenvalue weighted by Gasteiger charge is 2.30. The average Bonchev–Trinajstić information content (AvgIpc) is 2.41. The summed E-state index contributed by atoms with van der Waals surface area (Å²) in [5.74, 6) is -0.671. The van der Waals surface area contributed by atoms with Gasteiger partial charge in [0, 0.05) is 11.9 Å². The molecule has 0 spiro atoms. The van der Waals surface area contributed by atoms with Crippen molar-refractivity contribution in [2.75, 3.05) is 11.1 Å². The van der Waals surface area contributed by atoms with Crippen LogP contribution < -0.4 is 11.1 Å². The van der Waals surface area contributed by atoms with Gasteiger partial charge in [0.2, 0.25) is 0 Å². The first-order valence-corrected chi connectivity index (χ1v) is 6.05. The third-order valence-corrected chi connectivity index (χ3v) is 2.88. The number of pyridine rings is 1. The molecule has 1 aromatic carbocycles. The van der Waals surface area contributed by atoms with Gasteiger partial charge in [-0.1, -0.05) is 11.6 Å². The number of carbonyl (C=O) groups excluding carboxylic acids is 1.